The van der Waals surface area contributed by atoms with Gasteiger partial charge in [0.2, 0.25) is 0 Å². The summed E-state index contributed by atoms with van der Waals surface area (Å²) in [6, 6.07) is 10.4. The number of hydrogen-bond donors (Lipinski definition) is 1. The number of nitrogens with zero attached hydrogens (tertiary/aromatic N) is 1. The molecule has 18 heavy (non-hydrogen) atoms. The third kappa shape index (κ3) is 2.51. The summed E-state index contributed by atoms with van der Waals surface area (Å²) >= 11 is 0. The molecule has 4 nitrogen and oxygen atoms in total. The predicted molar refractivity (Wildman–Crippen MR) is 71.0 cm³/mol. The monoisotopic (exact) mass is 262 g/mol. The minimum atomic E-state index is -3.58. The van der Waals surface area contributed by atoms with Crippen molar-refractivity contribution in [3.8, 4) is 0 Å². The molecule has 0 bridgehead atoms. The Hall–Kier alpha value is -1.88. The van der Waals surface area contributed by atoms with E-state index in [1.165, 1.54) is 0 Å². The molecule has 1 N–H and O–H groups in total. The first-order valence-electron chi connectivity index (χ1n) is 5.51. The SMILES string of the molecule is Cc1ccccc1S(=O)(=O)Nc1ncccc1C. The molecule has 0 atom stereocenters. The van der Waals surface area contributed by atoms with E-state index in [0.29, 0.717) is 11.4 Å². The summed E-state index contributed by atoms with van der Waals surface area (Å²) in [5.74, 6) is 0.362. The van der Waals surface area contributed by atoms with E-state index < -0.39 is 10.0 Å². The number of aromatic nitrogens is 1. The maximum Gasteiger partial charge on any atom is 0.263 e. The van der Waals surface area contributed by atoms with Crippen molar-refractivity contribution in [1.29, 1.82) is 0 Å². The standard InChI is InChI=1S/C13H14N2O2S/c1-10-6-3-4-8-12(10)18(16,17)15-13-11(2)7-5-9-14-13/h3-9H,1-2H3,(H,14,15). The van der Waals surface area contributed by atoms with Crippen LogP contribution in [0.5, 0.6) is 0 Å². The van der Waals surface area contributed by atoms with Crippen LogP contribution in [0, 0.1) is 13.8 Å². The average Bonchev–Trinajstić information content (AvgIpc) is 2.32. The number of pyridine rings is 1. The molecule has 0 aliphatic carbocycles. The van der Waals surface area contributed by atoms with Crippen LogP contribution in [0.3, 0.4) is 0 Å². The molecule has 0 saturated heterocycles. The Morgan fingerprint density at radius 2 is 1.67 bits per heavy atom. The Bertz CT molecular complexity index is 666. The highest BCUT2D eigenvalue weighted by atomic mass is 32.2. The van der Waals surface area contributed by atoms with Crippen molar-refractivity contribution in [2.24, 2.45) is 0 Å². The fourth-order valence-electron chi connectivity index (χ4n) is 1.63. The largest absolute Gasteiger partial charge is 0.263 e. The van der Waals surface area contributed by atoms with Crippen molar-refractivity contribution in [3.63, 3.8) is 0 Å². The number of rotatable bonds is 3. The molecule has 1 aromatic carbocycles. The van der Waals surface area contributed by atoms with E-state index in [1.807, 2.05) is 13.0 Å². The molecule has 0 aliphatic heterocycles. The highest BCUT2D eigenvalue weighted by Gasteiger charge is 2.17. The van der Waals surface area contributed by atoms with Gasteiger partial charge in [-0.2, -0.15) is 0 Å². The molecule has 94 valence electrons. The molecule has 0 aliphatic rings. The van der Waals surface area contributed by atoms with Gasteiger partial charge in [0.05, 0.1) is 4.90 Å². The highest BCUT2D eigenvalue weighted by Crippen LogP contribution is 2.19. The zero-order valence-electron chi connectivity index (χ0n) is 10.2. The number of anilines is 1. The van der Waals surface area contributed by atoms with Crippen LogP contribution in [-0.2, 0) is 10.0 Å². The van der Waals surface area contributed by atoms with Gasteiger partial charge in [-0.05, 0) is 37.1 Å². The van der Waals surface area contributed by atoms with E-state index in [-0.39, 0.29) is 4.90 Å². The number of benzene rings is 1. The van der Waals surface area contributed by atoms with Gasteiger partial charge in [0.1, 0.15) is 5.82 Å². The van der Waals surface area contributed by atoms with Crippen LogP contribution < -0.4 is 4.72 Å². The molecule has 0 radical (unpaired) electrons. The molecule has 2 aromatic rings. The van der Waals surface area contributed by atoms with Gasteiger partial charge in [-0.25, -0.2) is 13.4 Å². The van der Waals surface area contributed by atoms with E-state index in [9.17, 15) is 8.42 Å². The number of sulfonamides is 1. The molecule has 2 rings (SSSR count). The van der Waals surface area contributed by atoms with Gasteiger partial charge in [0.15, 0.2) is 0 Å². The minimum absolute atomic E-state index is 0.273. The molecule has 0 amide bonds. The first-order valence-corrected chi connectivity index (χ1v) is 6.99. The minimum Gasteiger partial charge on any atom is -0.263 e. The Balaban J connectivity index is 2.40. The molecule has 0 fully saturated rings. The molecule has 5 heteroatoms. The Labute approximate surface area is 107 Å². The molecule has 0 unspecified atom stereocenters. The van der Waals surface area contributed by atoms with Crippen LogP contribution in [0.2, 0.25) is 0 Å². The zero-order chi connectivity index (χ0) is 13.2. The second kappa shape index (κ2) is 4.78. The first kappa shape index (κ1) is 12.6. The third-order valence-corrected chi connectivity index (χ3v) is 4.12. The number of nitrogens with one attached hydrogen (secondary N) is 1. The van der Waals surface area contributed by atoms with Crippen molar-refractivity contribution >= 4 is 15.8 Å². The third-order valence-electron chi connectivity index (χ3n) is 2.62. The van der Waals surface area contributed by atoms with E-state index in [1.54, 1.807) is 43.5 Å². The lowest BCUT2D eigenvalue weighted by molar-refractivity contribution is 0.600. The van der Waals surface area contributed by atoms with Crippen molar-refractivity contribution < 1.29 is 8.42 Å². The van der Waals surface area contributed by atoms with Crippen LogP contribution in [0.1, 0.15) is 11.1 Å². The predicted octanol–water partition coefficient (Wildman–Crippen LogP) is 2.50. The van der Waals surface area contributed by atoms with Gasteiger partial charge < -0.3 is 0 Å². The van der Waals surface area contributed by atoms with Gasteiger partial charge in [-0.15, -0.1) is 0 Å². The van der Waals surface area contributed by atoms with Crippen LogP contribution in [0.4, 0.5) is 5.82 Å². The van der Waals surface area contributed by atoms with Crippen LogP contribution >= 0.6 is 0 Å². The molecule has 1 aromatic heterocycles. The van der Waals surface area contributed by atoms with E-state index in [4.69, 9.17) is 0 Å². The summed E-state index contributed by atoms with van der Waals surface area (Å²) in [6.45, 7) is 3.57. The molecule has 1 heterocycles. The first-order chi connectivity index (χ1) is 8.50. The van der Waals surface area contributed by atoms with E-state index in [2.05, 4.69) is 9.71 Å². The average molecular weight is 262 g/mol. The quantitative estimate of drug-likeness (QED) is 0.924. The van der Waals surface area contributed by atoms with E-state index >= 15 is 0 Å². The topological polar surface area (TPSA) is 59.1 Å². The Morgan fingerprint density at radius 1 is 1.00 bits per heavy atom. The fraction of sp³-hybridized carbons (Fsp3) is 0.154. The van der Waals surface area contributed by atoms with Crippen molar-refractivity contribution in [2.75, 3.05) is 4.72 Å². The lowest BCUT2D eigenvalue weighted by Gasteiger charge is -2.10. The summed E-state index contributed by atoms with van der Waals surface area (Å²) < 4.78 is 27.0. The molecular weight excluding hydrogens is 248 g/mol. The van der Waals surface area contributed by atoms with Gasteiger partial charge in [-0.3, -0.25) is 4.72 Å². The lowest BCUT2D eigenvalue weighted by Crippen LogP contribution is -2.15. The smallest absolute Gasteiger partial charge is 0.263 e. The van der Waals surface area contributed by atoms with Crippen molar-refractivity contribution in [3.05, 3.63) is 53.7 Å². The van der Waals surface area contributed by atoms with Crippen molar-refractivity contribution in [1.82, 2.24) is 4.98 Å². The summed E-state index contributed by atoms with van der Waals surface area (Å²) in [5.41, 5.74) is 1.49. The van der Waals surface area contributed by atoms with Crippen molar-refractivity contribution in [2.45, 2.75) is 18.7 Å². The van der Waals surface area contributed by atoms with Gasteiger partial charge in [0, 0.05) is 6.20 Å². The van der Waals surface area contributed by atoms with Crippen LogP contribution in [-0.4, -0.2) is 13.4 Å². The summed E-state index contributed by atoms with van der Waals surface area (Å²) in [6.07, 6.45) is 1.56. The summed E-state index contributed by atoms with van der Waals surface area (Å²) in [4.78, 5) is 4.30. The normalized spacial score (nSPS) is 11.2. The molecular formula is C13H14N2O2S. The maximum absolute atomic E-state index is 12.2. The Morgan fingerprint density at radius 3 is 2.33 bits per heavy atom. The zero-order valence-corrected chi connectivity index (χ0v) is 11.0. The summed E-state index contributed by atoms with van der Waals surface area (Å²) in [7, 11) is -3.58. The molecule has 0 saturated carbocycles. The van der Waals surface area contributed by atoms with E-state index in [0.717, 1.165) is 5.56 Å². The second-order valence-electron chi connectivity index (χ2n) is 4.04. The van der Waals surface area contributed by atoms with Gasteiger partial charge >= 0.3 is 0 Å². The molecule has 0 spiro atoms. The lowest BCUT2D eigenvalue weighted by atomic mass is 10.2. The number of aryl methyl sites for hydroxylation is 2. The van der Waals surface area contributed by atoms with Crippen LogP contribution in [0.25, 0.3) is 0 Å². The number of hydrogen-bond acceptors (Lipinski definition) is 3. The van der Waals surface area contributed by atoms with Crippen LogP contribution in [0.15, 0.2) is 47.5 Å². The Kier molecular flexibility index (Phi) is 3.34. The van der Waals surface area contributed by atoms with Gasteiger partial charge in [0.25, 0.3) is 10.0 Å². The summed E-state index contributed by atoms with van der Waals surface area (Å²) in [5, 5.41) is 0. The maximum atomic E-state index is 12.2. The van der Waals surface area contributed by atoms with Gasteiger partial charge in [-0.1, -0.05) is 24.3 Å². The fourth-order valence-corrected chi connectivity index (χ4v) is 2.96. The second-order valence-corrected chi connectivity index (χ2v) is 5.69. The highest BCUT2D eigenvalue weighted by molar-refractivity contribution is 7.92.